The molecule has 1 aromatic carbocycles. The Bertz CT molecular complexity index is 594. The molecule has 1 fully saturated rings. The molecule has 1 aromatic rings. The number of hydrogen-bond donors (Lipinski definition) is 2. The van der Waals surface area contributed by atoms with Crippen molar-refractivity contribution in [3.63, 3.8) is 0 Å². The van der Waals surface area contributed by atoms with Crippen molar-refractivity contribution in [1.29, 1.82) is 0 Å². The average Bonchev–Trinajstić information content (AvgIpc) is 2.73. The van der Waals surface area contributed by atoms with E-state index < -0.39 is 17.1 Å². The molecule has 2 nitrogen and oxygen atoms in total. The van der Waals surface area contributed by atoms with Crippen LogP contribution in [0.4, 0.5) is 0 Å². The van der Waals surface area contributed by atoms with Crippen LogP contribution >= 0.6 is 11.8 Å². The van der Waals surface area contributed by atoms with Gasteiger partial charge in [0.1, 0.15) is 0 Å². The van der Waals surface area contributed by atoms with Gasteiger partial charge in [-0.05, 0) is 35.8 Å². The topological polar surface area (TPSA) is 40.5 Å². The fourth-order valence-corrected chi connectivity index (χ4v) is 5.18. The second kappa shape index (κ2) is 5.16. The maximum absolute atomic E-state index is 11.0. The minimum Gasteiger partial charge on any atom is -0.388 e. The van der Waals surface area contributed by atoms with Crippen LogP contribution in [-0.2, 0) is 0 Å². The number of rotatable bonds is 5. The van der Waals surface area contributed by atoms with Crippen molar-refractivity contribution < 1.29 is 10.2 Å². The molecule has 0 heterocycles. The van der Waals surface area contributed by atoms with Crippen molar-refractivity contribution in [2.75, 3.05) is 0 Å². The van der Waals surface area contributed by atoms with E-state index in [-0.39, 0.29) is 5.92 Å². The third-order valence-corrected chi connectivity index (χ3v) is 6.10. The predicted molar refractivity (Wildman–Crippen MR) is 86.9 cm³/mol. The molecule has 3 rings (SSSR count). The number of thioether (sulfide) groups is 1. The molecule has 0 amide bonds. The Balaban J connectivity index is 2.00. The van der Waals surface area contributed by atoms with Gasteiger partial charge in [-0.3, -0.25) is 0 Å². The number of benzene rings is 1. The standard InChI is InChI=1S/C18H20O2S/c1-3-15(19)18-13(10-11-17(18,20)4-2)12-16(18)21-14-8-6-5-7-9-14/h3-9,12-13,15,19-20H,1-2,10-11H2/t13-,15?,17-,18+/m1/s1. The van der Waals surface area contributed by atoms with E-state index in [9.17, 15) is 10.2 Å². The maximum Gasteiger partial charge on any atom is 0.0960 e. The molecule has 4 atom stereocenters. The molecule has 1 saturated carbocycles. The highest BCUT2D eigenvalue weighted by atomic mass is 32.2. The summed E-state index contributed by atoms with van der Waals surface area (Å²) in [6.07, 6.45) is 6.02. The highest BCUT2D eigenvalue weighted by Crippen LogP contribution is 2.67. The monoisotopic (exact) mass is 300 g/mol. The van der Waals surface area contributed by atoms with Crippen molar-refractivity contribution in [3.8, 4) is 0 Å². The Morgan fingerprint density at radius 1 is 1.29 bits per heavy atom. The van der Waals surface area contributed by atoms with Crippen LogP contribution in [0.2, 0.25) is 0 Å². The molecule has 0 bridgehead atoms. The normalized spacial score (nSPS) is 35.3. The first-order valence-electron chi connectivity index (χ1n) is 7.20. The van der Waals surface area contributed by atoms with Crippen LogP contribution in [0, 0.1) is 11.3 Å². The van der Waals surface area contributed by atoms with E-state index in [1.54, 1.807) is 17.8 Å². The van der Waals surface area contributed by atoms with E-state index in [1.807, 2.05) is 30.3 Å². The Morgan fingerprint density at radius 3 is 2.62 bits per heavy atom. The zero-order chi connectivity index (χ0) is 15.1. The zero-order valence-electron chi connectivity index (χ0n) is 11.9. The quantitative estimate of drug-likeness (QED) is 0.817. The minimum absolute atomic E-state index is 0.180. The summed E-state index contributed by atoms with van der Waals surface area (Å²) in [4.78, 5) is 2.13. The lowest BCUT2D eigenvalue weighted by Crippen LogP contribution is -2.57. The highest BCUT2D eigenvalue weighted by Gasteiger charge is 2.67. The van der Waals surface area contributed by atoms with Crippen LogP contribution in [0.25, 0.3) is 0 Å². The molecule has 0 radical (unpaired) electrons. The van der Waals surface area contributed by atoms with Gasteiger partial charge < -0.3 is 10.2 Å². The molecule has 3 heteroatoms. The van der Waals surface area contributed by atoms with Crippen molar-refractivity contribution in [2.45, 2.75) is 29.4 Å². The van der Waals surface area contributed by atoms with Gasteiger partial charge in [0, 0.05) is 4.90 Å². The van der Waals surface area contributed by atoms with E-state index in [1.165, 1.54) is 6.08 Å². The van der Waals surface area contributed by atoms with E-state index in [0.717, 1.165) is 16.2 Å². The third-order valence-electron chi connectivity index (χ3n) is 4.90. The van der Waals surface area contributed by atoms with Gasteiger partial charge in [0.05, 0.1) is 17.1 Å². The summed E-state index contributed by atoms with van der Waals surface area (Å²) in [7, 11) is 0. The number of aliphatic hydroxyl groups excluding tert-OH is 1. The van der Waals surface area contributed by atoms with Crippen LogP contribution in [-0.4, -0.2) is 21.9 Å². The fraction of sp³-hybridized carbons (Fsp3) is 0.333. The molecule has 2 N–H and O–H groups in total. The van der Waals surface area contributed by atoms with Gasteiger partial charge >= 0.3 is 0 Å². The lowest BCUT2D eigenvalue weighted by atomic mass is 9.59. The summed E-state index contributed by atoms with van der Waals surface area (Å²) >= 11 is 1.61. The average molecular weight is 300 g/mol. The highest BCUT2D eigenvalue weighted by molar-refractivity contribution is 8.03. The number of aliphatic hydroxyl groups is 2. The summed E-state index contributed by atoms with van der Waals surface area (Å²) < 4.78 is 0. The van der Waals surface area contributed by atoms with Crippen molar-refractivity contribution in [3.05, 3.63) is 66.6 Å². The van der Waals surface area contributed by atoms with E-state index >= 15 is 0 Å². The number of fused-ring (bicyclic) bond motifs is 1. The van der Waals surface area contributed by atoms with Gasteiger partial charge in [-0.2, -0.15) is 0 Å². The predicted octanol–water partition coefficient (Wildman–Crippen LogP) is 3.54. The molecule has 0 aliphatic heterocycles. The Labute approximate surface area is 129 Å². The summed E-state index contributed by atoms with van der Waals surface area (Å²) in [5.74, 6) is 0.180. The zero-order valence-corrected chi connectivity index (χ0v) is 12.7. The van der Waals surface area contributed by atoms with Crippen molar-refractivity contribution >= 4 is 11.8 Å². The molecule has 0 spiro atoms. The molecule has 0 saturated heterocycles. The SMILES string of the molecule is C=CC(O)[C@]12C(Sc3ccccc3)=C[C@H]1CC[C@]2(O)C=C. The van der Waals surface area contributed by atoms with Gasteiger partial charge in [-0.15, -0.1) is 13.2 Å². The van der Waals surface area contributed by atoms with Crippen LogP contribution in [0.1, 0.15) is 12.8 Å². The van der Waals surface area contributed by atoms with E-state index in [0.29, 0.717) is 6.42 Å². The lowest BCUT2D eigenvalue weighted by molar-refractivity contribution is -0.0742. The first kappa shape index (κ1) is 14.6. The van der Waals surface area contributed by atoms with Crippen LogP contribution < -0.4 is 0 Å². The van der Waals surface area contributed by atoms with Gasteiger partial charge in [-0.1, -0.05) is 48.2 Å². The number of allylic oxidation sites excluding steroid dienone is 1. The Hall–Kier alpha value is -1.29. The summed E-state index contributed by atoms with van der Waals surface area (Å²) in [6.45, 7) is 7.53. The van der Waals surface area contributed by atoms with Crippen molar-refractivity contribution in [2.24, 2.45) is 11.3 Å². The molecule has 1 unspecified atom stereocenters. The van der Waals surface area contributed by atoms with Crippen LogP contribution in [0.15, 0.2) is 71.5 Å². The minimum atomic E-state index is -1.07. The lowest BCUT2D eigenvalue weighted by Gasteiger charge is -2.53. The van der Waals surface area contributed by atoms with Gasteiger partial charge in [0.2, 0.25) is 0 Å². The fourth-order valence-electron chi connectivity index (χ4n) is 3.78. The summed E-state index contributed by atoms with van der Waals surface area (Å²) in [6, 6.07) is 10.0. The molecular weight excluding hydrogens is 280 g/mol. The maximum atomic E-state index is 11.0. The third kappa shape index (κ3) is 1.88. The van der Waals surface area contributed by atoms with E-state index in [2.05, 4.69) is 19.2 Å². The van der Waals surface area contributed by atoms with Crippen LogP contribution in [0.3, 0.4) is 0 Å². The van der Waals surface area contributed by atoms with E-state index in [4.69, 9.17) is 0 Å². The summed E-state index contributed by atoms with van der Waals surface area (Å²) in [5.41, 5.74) is -1.76. The van der Waals surface area contributed by atoms with Gasteiger partial charge in [0.15, 0.2) is 0 Å². The number of hydrogen-bond acceptors (Lipinski definition) is 3. The van der Waals surface area contributed by atoms with Gasteiger partial charge in [-0.25, -0.2) is 0 Å². The van der Waals surface area contributed by atoms with Crippen LogP contribution in [0.5, 0.6) is 0 Å². The Kier molecular flexibility index (Phi) is 3.60. The second-order valence-electron chi connectivity index (χ2n) is 5.77. The largest absolute Gasteiger partial charge is 0.388 e. The molecule has 21 heavy (non-hydrogen) atoms. The Morgan fingerprint density at radius 2 is 2.00 bits per heavy atom. The first-order chi connectivity index (χ1) is 10.1. The smallest absolute Gasteiger partial charge is 0.0960 e. The molecular formula is C18H20O2S. The molecule has 110 valence electrons. The molecule has 2 aliphatic rings. The molecule has 0 aromatic heterocycles. The molecule has 2 aliphatic carbocycles. The second-order valence-corrected chi connectivity index (χ2v) is 6.88. The first-order valence-corrected chi connectivity index (χ1v) is 8.02. The van der Waals surface area contributed by atoms with Crippen molar-refractivity contribution in [1.82, 2.24) is 0 Å². The summed E-state index contributed by atoms with van der Waals surface area (Å²) in [5, 5.41) is 21.6. The van der Waals surface area contributed by atoms with Gasteiger partial charge in [0.25, 0.3) is 0 Å².